The standard InChI is InChI=1S/C9H13NO3/c1-2-3-4-5-12-9(11)8-6-10-13-7-8/h6-7H,2-5H2,1H3. The van der Waals surface area contributed by atoms with Crippen molar-refractivity contribution >= 4 is 5.97 Å². The molecular weight excluding hydrogens is 170 g/mol. The van der Waals surface area contributed by atoms with Gasteiger partial charge in [-0.25, -0.2) is 4.79 Å². The second-order valence-corrected chi connectivity index (χ2v) is 2.76. The van der Waals surface area contributed by atoms with Crippen molar-refractivity contribution in [1.29, 1.82) is 0 Å². The normalized spacial score (nSPS) is 9.92. The van der Waals surface area contributed by atoms with Crippen LogP contribution in [0.3, 0.4) is 0 Å². The highest BCUT2D eigenvalue weighted by Crippen LogP contribution is 2.01. The topological polar surface area (TPSA) is 52.3 Å². The van der Waals surface area contributed by atoms with Gasteiger partial charge in [-0.3, -0.25) is 0 Å². The fourth-order valence-electron chi connectivity index (χ4n) is 0.906. The minimum atomic E-state index is -0.364. The van der Waals surface area contributed by atoms with E-state index in [-0.39, 0.29) is 5.97 Å². The molecule has 4 heteroatoms. The van der Waals surface area contributed by atoms with E-state index in [2.05, 4.69) is 16.6 Å². The van der Waals surface area contributed by atoms with Gasteiger partial charge in [0.1, 0.15) is 11.8 Å². The Balaban J connectivity index is 2.19. The first-order chi connectivity index (χ1) is 6.34. The van der Waals surface area contributed by atoms with Crippen LogP contribution in [-0.2, 0) is 4.74 Å². The van der Waals surface area contributed by atoms with Crippen LogP contribution in [-0.4, -0.2) is 17.7 Å². The van der Waals surface area contributed by atoms with Crippen molar-refractivity contribution in [2.45, 2.75) is 26.2 Å². The zero-order valence-electron chi connectivity index (χ0n) is 7.66. The molecule has 1 aromatic heterocycles. The summed E-state index contributed by atoms with van der Waals surface area (Å²) in [6, 6.07) is 0. The molecular formula is C9H13NO3. The first-order valence-corrected chi connectivity index (χ1v) is 4.41. The van der Waals surface area contributed by atoms with E-state index in [9.17, 15) is 4.79 Å². The Bertz CT molecular complexity index is 243. The maximum absolute atomic E-state index is 11.1. The number of nitrogens with zero attached hydrogens (tertiary/aromatic N) is 1. The van der Waals surface area contributed by atoms with Crippen molar-refractivity contribution in [2.24, 2.45) is 0 Å². The summed E-state index contributed by atoms with van der Waals surface area (Å²) >= 11 is 0. The van der Waals surface area contributed by atoms with Crippen molar-refractivity contribution in [1.82, 2.24) is 5.16 Å². The number of hydrogen-bond donors (Lipinski definition) is 0. The molecule has 0 N–H and O–H groups in total. The zero-order chi connectivity index (χ0) is 9.52. The summed E-state index contributed by atoms with van der Waals surface area (Å²) in [4.78, 5) is 11.1. The van der Waals surface area contributed by atoms with Gasteiger partial charge < -0.3 is 9.26 Å². The predicted molar refractivity (Wildman–Crippen MR) is 46.3 cm³/mol. The van der Waals surface area contributed by atoms with Gasteiger partial charge >= 0.3 is 5.97 Å². The van der Waals surface area contributed by atoms with Gasteiger partial charge in [-0.1, -0.05) is 24.9 Å². The third-order valence-corrected chi connectivity index (χ3v) is 1.65. The van der Waals surface area contributed by atoms with E-state index in [0.29, 0.717) is 12.2 Å². The number of ether oxygens (including phenoxy) is 1. The molecule has 0 saturated carbocycles. The maximum atomic E-state index is 11.1. The largest absolute Gasteiger partial charge is 0.462 e. The molecule has 0 aliphatic carbocycles. The molecule has 0 aliphatic rings. The van der Waals surface area contributed by atoms with Crippen LogP contribution in [0.5, 0.6) is 0 Å². The van der Waals surface area contributed by atoms with E-state index in [1.165, 1.54) is 12.5 Å². The fraction of sp³-hybridized carbons (Fsp3) is 0.556. The van der Waals surface area contributed by atoms with Crippen molar-refractivity contribution in [3.63, 3.8) is 0 Å². The Morgan fingerprint density at radius 3 is 3.08 bits per heavy atom. The molecule has 0 fully saturated rings. The lowest BCUT2D eigenvalue weighted by Gasteiger charge is -2.00. The third kappa shape index (κ3) is 3.27. The second kappa shape index (κ2) is 5.35. The average molecular weight is 183 g/mol. The lowest BCUT2D eigenvalue weighted by Crippen LogP contribution is -2.05. The van der Waals surface area contributed by atoms with Gasteiger partial charge in [0.05, 0.1) is 12.8 Å². The molecule has 0 radical (unpaired) electrons. The Hall–Kier alpha value is -1.32. The molecule has 0 aliphatic heterocycles. The molecule has 13 heavy (non-hydrogen) atoms. The zero-order valence-corrected chi connectivity index (χ0v) is 7.66. The molecule has 72 valence electrons. The minimum Gasteiger partial charge on any atom is -0.462 e. The van der Waals surface area contributed by atoms with Crippen LogP contribution >= 0.6 is 0 Å². The quantitative estimate of drug-likeness (QED) is 0.517. The molecule has 1 heterocycles. The van der Waals surface area contributed by atoms with E-state index < -0.39 is 0 Å². The predicted octanol–water partition coefficient (Wildman–Crippen LogP) is 2.02. The van der Waals surface area contributed by atoms with E-state index >= 15 is 0 Å². The van der Waals surface area contributed by atoms with Crippen LogP contribution in [0.1, 0.15) is 36.5 Å². The van der Waals surface area contributed by atoms with Gasteiger partial charge in [0, 0.05) is 0 Å². The summed E-state index contributed by atoms with van der Waals surface area (Å²) in [5, 5.41) is 3.41. The molecule has 0 unspecified atom stereocenters. The number of carbonyl (C=O) groups excluding carboxylic acids is 1. The number of esters is 1. The first kappa shape index (κ1) is 9.77. The van der Waals surface area contributed by atoms with Crippen LogP contribution in [0.15, 0.2) is 17.0 Å². The molecule has 1 aromatic rings. The number of carbonyl (C=O) groups is 1. The summed E-state index contributed by atoms with van der Waals surface area (Å²) < 4.78 is 9.46. The van der Waals surface area contributed by atoms with E-state index in [0.717, 1.165) is 19.3 Å². The number of hydrogen-bond acceptors (Lipinski definition) is 4. The lowest BCUT2D eigenvalue weighted by molar-refractivity contribution is 0.0497. The molecule has 0 bridgehead atoms. The van der Waals surface area contributed by atoms with Gasteiger partial charge in [0.15, 0.2) is 0 Å². The molecule has 0 aromatic carbocycles. The third-order valence-electron chi connectivity index (χ3n) is 1.65. The summed E-state index contributed by atoms with van der Waals surface area (Å²) in [5.74, 6) is -0.364. The van der Waals surface area contributed by atoms with Gasteiger partial charge in [-0.05, 0) is 6.42 Å². The molecule has 4 nitrogen and oxygen atoms in total. The van der Waals surface area contributed by atoms with Crippen molar-refractivity contribution in [2.75, 3.05) is 6.61 Å². The number of aromatic nitrogens is 1. The summed E-state index contributed by atoms with van der Waals surface area (Å²) in [6.07, 6.45) is 5.74. The molecule has 1 rings (SSSR count). The van der Waals surface area contributed by atoms with E-state index in [4.69, 9.17) is 4.74 Å². The van der Waals surface area contributed by atoms with Crippen LogP contribution in [0.2, 0.25) is 0 Å². The Morgan fingerprint density at radius 1 is 1.62 bits per heavy atom. The number of unbranched alkanes of at least 4 members (excludes halogenated alkanes) is 2. The van der Waals surface area contributed by atoms with E-state index in [1.807, 2.05) is 0 Å². The summed E-state index contributed by atoms with van der Waals surface area (Å²) in [5.41, 5.74) is 0.372. The van der Waals surface area contributed by atoms with E-state index in [1.54, 1.807) is 0 Å². The van der Waals surface area contributed by atoms with Crippen molar-refractivity contribution in [3.05, 3.63) is 18.0 Å². The highest BCUT2D eigenvalue weighted by atomic mass is 16.5. The number of rotatable bonds is 5. The highest BCUT2D eigenvalue weighted by molar-refractivity contribution is 5.88. The van der Waals surface area contributed by atoms with Crippen molar-refractivity contribution in [3.8, 4) is 0 Å². The highest BCUT2D eigenvalue weighted by Gasteiger charge is 2.08. The van der Waals surface area contributed by atoms with Crippen LogP contribution < -0.4 is 0 Å². The smallest absolute Gasteiger partial charge is 0.343 e. The second-order valence-electron chi connectivity index (χ2n) is 2.76. The SMILES string of the molecule is CCCCCOC(=O)c1cnoc1. The van der Waals surface area contributed by atoms with Crippen LogP contribution in [0.4, 0.5) is 0 Å². The van der Waals surface area contributed by atoms with Gasteiger partial charge in [-0.15, -0.1) is 0 Å². The Labute approximate surface area is 76.9 Å². The van der Waals surface area contributed by atoms with Gasteiger partial charge in [0.2, 0.25) is 0 Å². The Kier molecular flexibility index (Phi) is 4.02. The van der Waals surface area contributed by atoms with Crippen LogP contribution in [0.25, 0.3) is 0 Å². The summed E-state index contributed by atoms with van der Waals surface area (Å²) in [7, 11) is 0. The molecule has 0 saturated heterocycles. The fourth-order valence-corrected chi connectivity index (χ4v) is 0.906. The minimum absolute atomic E-state index is 0.364. The molecule has 0 amide bonds. The monoisotopic (exact) mass is 183 g/mol. The van der Waals surface area contributed by atoms with Crippen LogP contribution in [0, 0.1) is 0 Å². The average Bonchev–Trinajstić information content (AvgIpc) is 2.65. The maximum Gasteiger partial charge on any atom is 0.343 e. The molecule has 0 spiro atoms. The van der Waals surface area contributed by atoms with Gasteiger partial charge in [-0.2, -0.15) is 0 Å². The first-order valence-electron chi connectivity index (χ1n) is 4.41. The van der Waals surface area contributed by atoms with Gasteiger partial charge in [0.25, 0.3) is 0 Å². The Morgan fingerprint density at radius 2 is 2.46 bits per heavy atom. The van der Waals surface area contributed by atoms with Crippen molar-refractivity contribution < 1.29 is 14.1 Å². The summed E-state index contributed by atoms with van der Waals surface area (Å²) in [6.45, 7) is 2.57. The lowest BCUT2D eigenvalue weighted by atomic mass is 10.3. The molecule has 0 atom stereocenters.